The Morgan fingerprint density at radius 2 is 1.86 bits per heavy atom. The third-order valence-electron chi connectivity index (χ3n) is 6.58. The molecule has 2 heterocycles. The Hall–Kier alpha value is -3.20. The second-order valence-corrected chi connectivity index (χ2v) is 9.48. The maximum absolute atomic E-state index is 10.1. The number of nitrogens with one attached hydrogen (secondary N) is 2. The van der Waals surface area contributed by atoms with Crippen LogP contribution in [0.25, 0.3) is 22.6 Å². The van der Waals surface area contributed by atoms with E-state index in [0.29, 0.717) is 23.9 Å². The van der Waals surface area contributed by atoms with Gasteiger partial charge in [-0.05, 0) is 47.4 Å². The summed E-state index contributed by atoms with van der Waals surface area (Å²) in [5, 5.41) is 33.0. The molecule has 0 saturated carbocycles. The molecule has 1 aliphatic rings. The molecule has 0 bridgehead atoms. The van der Waals surface area contributed by atoms with E-state index in [-0.39, 0.29) is 0 Å². The SMILES string of the molecule is OCC(O)C(O)CN1CCc2c(cccc2Nc2ccc(Cl)c(-c3ncc(-c4ccccc4)[nH]3)c2)C1. The zero-order valence-corrected chi connectivity index (χ0v) is 20.5. The summed E-state index contributed by atoms with van der Waals surface area (Å²) < 4.78 is 0. The first-order valence-electron chi connectivity index (χ1n) is 12.0. The number of hydrogen-bond donors (Lipinski definition) is 5. The van der Waals surface area contributed by atoms with E-state index in [9.17, 15) is 10.2 Å². The zero-order valence-electron chi connectivity index (χ0n) is 19.7. The van der Waals surface area contributed by atoms with Crippen molar-refractivity contribution in [2.45, 2.75) is 25.2 Å². The van der Waals surface area contributed by atoms with Crippen molar-refractivity contribution in [3.63, 3.8) is 0 Å². The van der Waals surface area contributed by atoms with Gasteiger partial charge in [0.05, 0.1) is 29.6 Å². The Kier molecular flexibility index (Phi) is 7.36. The van der Waals surface area contributed by atoms with Gasteiger partial charge in [-0.15, -0.1) is 0 Å². The van der Waals surface area contributed by atoms with Gasteiger partial charge in [0.1, 0.15) is 11.9 Å². The lowest BCUT2D eigenvalue weighted by Gasteiger charge is -2.32. The molecule has 2 unspecified atom stereocenters. The molecule has 0 aliphatic carbocycles. The standard InChI is InChI=1S/C28H29ClN4O3/c29-23-10-9-20(13-22(23)28-30-14-25(32-28)18-5-2-1-3-6-18)31-24-8-4-7-19-15-33(12-11-21(19)24)16-26(35)27(36)17-34/h1-10,13-14,26-27,31,34-36H,11-12,15-17H2,(H,30,32). The number of halogens is 1. The molecule has 5 N–H and O–H groups in total. The first kappa shape index (κ1) is 24.5. The first-order chi connectivity index (χ1) is 17.5. The number of aromatic amines is 1. The Morgan fingerprint density at radius 3 is 2.67 bits per heavy atom. The summed E-state index contributed by atoms with van der Waals surface area (Å²) in [7, 11) is 0. The molecule has 5 rings (SSSR count). The molecule has 0 amide bonds. The lowest BCUT2D eigenvalue weighted by atomic mass is 9.97. The number of aliphatic hydroxyl groups excluding tert-OH is 3. The smallest absolute Gasteiger partial charge is 0.139 e. The van der Waals surface area contributed by atoms with Gasteiger partial charge in [0.25, 0.3) is 0 Å². The number of fused-ring (bicyclic) bond motifs is 1. The van der Waals surface area contributed by atoms with E-state index >= 15 is 0 Å². The molecular formula is C28H29ClN4O3. The highest BCUT2D eigenvalue weighted by Crippen LogP contribution is 2.33. The van der Waals surface area contributed by atoms with Gasteiger partial charge in [-0.3, -0.25) is 4.90 Å². The Labute approximate surface area is 215 Å². The van der Waals surface area contributed by atoms with Crippen molar-refractivity contribution >= 4 is 23.0 Å². The molecule has 2 atom stereocenters. The highest BCUT2D eigenvalue weighted by molar-refractivity contribution is 6.33. The molecule has 1 aliphatic heterocycles. The second kappa shape index (κ2) is 10.8. The lowest BCUT2D eigenvalue weighted by molar-refractivity contribution is -0.0311. The number of anilines is 2. The van der Waals surface area contributed by atoms with E-state index in [4.69, 9.17) is 16.7 Å². The number of β-amino-alcohol motifs (C(OH)–C–C–N with tert-alkyl or cyclic N) is 1. The van der Waals surface area contributed by atoms with Crippen LogP contribution in [0.1, 0.15) is 11.1 Å². The van der Waals surface area contributed by atoms with Crippen molar-refractivity contribution in [1.29, 1.82) is 0 Å². The van der Waals surface area contributed by atoms with E-state index in [1.807, 2.05) is 60.8 Å². The van der Waals surface area contributed by atoms with Gasteiger partial charge < -0.3 is 25.6 Å². The van der Waals surface area contributed by atoms with Crippen LogP contribution in [0.3, 0.4) is 0 Å². The van der Waals surface area contributed by atoms with Crippen LogP contribution < -0.4 is 5.32 Å². The van der Waals surface area contributed by atoms with Crippen LogP contribution in [0.15, 0.2) is 72.9 Å². The minimum Gasteiger partial charge on any atom is -0.394 e. The minimum absolute atomic E-state index is 0.313. The minimum atomic E-state index is -1.13. The third kappa shape index (κ3) is 5.31. The zero-order chi connectivity index (χ0) is 25.1. The molecule has 4 aromatic rings. The summed E-state index contributed by atoms with van der Waals surface area (Å²) in [5.41, 5.74) is 7.14. The van der Waals surface area contributed by atoms with Gasteiger partial charge in [-0.2, -0.15) is 0 Å². The predicted octanol–water partition coefficient (Wildman–Crippen LogP) is 4.21. The molecule has 8 heteroatoms. The first-order valence-corrected chi connectivity index (χ1v) is 12.4. The molecular weight excluding hydrogens is 476 g/mol. The van der Waals surface area contributed by atoms with Gasteiger partial charge in [0.15, 0.2) is 0 Å². The topological polar surface area (TPSA) is 105 Å². The monoisotopic (exact) mass is 504 g/mol. The Bertz CT molecular complexity index is 1330. The number of aliphatic hydroxyl groups is 3. The summed E-state index contributed by atoms with van der Waals surface area (Å²) in [5.74, 6) is 0.705. The lowest BCUT2D eigenvalue weighted by Crippen LogP contribution is -2.42. The average Bonchev–Trinajstić information content (AvgIpc) is 3.40. The molecule has 3 aromatic carbocycles. The molecule has 0 radical (unpaired) electrons. The van der Waals surface area contributed by atoms with Crippen LogP contribution in [0, 0.1) is 0 Å². The molecule has 186 valence electrons. The fourth-order valence-electron chi connectivity index (χ4n) is 4.61. The molecule has 0 saturated heterocycles. The highest BCUT2D eigenvalue weighted by atomic mass is 35.5. The van der Waals surface area contributed by atoms with Crippen LogP contribution in [0.5, 0.6) is 0 Å². The maximum atomic E-state index is 10.1. The molecule has 1 aromatic heterocycles. The van der Waals surface area contributed by atoms with Crippen LogP contribution in [0.2, 0.25) is 5.02 Å². The van der Waals surface area contributed by atoms with E-state index in [1.165, 1.54) is 11.1 Å². The van der Waals surface area contributed by atoms with Crippen LogP contribution >= 0.6 is 11.6 Å². The summed E-state index contributed by atoms with van der Waals surface area (Å²) in [4.78, 5) is 10.0. The van der Waals surface area contributed by atoms with Crippen LogP contribution in [-0.4, -0.2) is 62.1 Å². The van der Waals surface area contributed by atoms with Crippen molar-refractivity contribution in [3.05, 3.63) is 89.1 Å². The van der Waals surface area contributed by atoms with E-state index in [1.54, 1.807) is 0 Å². The number of imidazole rings is 1. The molecule has 0 spiro atoms. The van der Waals surface area contributed by atoms with Crippen molar-refractivity contribution < 1.29 is 15.3 Å². The predicted molar refractivity (Wildman–Crippen MR) is 142 cm³/mol. The van der Waals surface area contributed by atoms with E-state index < -0.39 is 18.8 Å². The van der Waals surface area contributed by atoms with Crippen molar-refractivity contribution in [2.24, 2.45) is 0 Å². The fraction of sp³-hybridized carbons (Fsp3) is 0.250. The molecule has 36 heavy (non-hydrogen) atoms. The number of rotatable bonds is 8. The largest absolute Gasteiger partial charge is 0.394 e. The van der Waals surface area contributed by atoms with Crippen LogP contribution in [0.4, 0.5) is 11.4 Å². The fourth-order valence-corrected chi connectivity index (χ4v) is 4.82. The van der Waals surface area contributed by atoms with Crippen molar-refractivity contribution in [3.8, 4) is 22.6 Å². The normalized spacial score (nSPS) is 15.3. The van der Waals surface area contributed by atoms with Crippen molar-refractivity contribution in [2.75, 3.05) is 25.0 Å². The third-order valence-corrected chi connectivity index (χ3v) is 6.91. The number of H-pyrrole nitrogens is 1. The van der Waals surface area contributed by atoms with Gasteiger partial charge >= 0.3 is 0 Å². The number of aromatic nitrogens is 2. The number of benzene rings is 3. The quantitative estimate of drug-likeness (QED) is 0.246. The van der Waals surface area contributed by atoms with E-state index in [0.717, 1.165) is 41.2 Å². The maximum Gasteiger partial charge on any atom is 0.139 e. The Balaban J connectivity index is 1.34. The summed E-state index contributed by atoms with van der Waals surface area (Å²) in [6.45, 7) is 1.28. The van der Waals surface area contributed by atoms with Gasteiger partial charge in [0.2, 0.25) is 0 Å². The van der Waals surface area contributed by atoms with Crippen molar-refractivity contribution in [1.82, 2.24) is 14.9 Å². The average molecular weight is 505 g/mol. The highest BCUT2D eigenvalue weighted by Gasteiger charge is 2.24. The summed E-state index contributed by atoms with van der Waals surface area (Å²) >= 11 is 6.55. The Morgan fingerprint density at radius 1 is 1.03 bits per heavy atom. The van der Waals surface area contributed by atoms with E-state index in [2.05, 4.69) is 32.3 Å². The van der Waals surface area contributed by atoms with Gasteiger partial charge in [0, 0.05) is 36.6 Å². The second-order valence-electron chi connectivity index (χ2n) is 9.08. The van der Waals surface area contributed by atoms with Gasteiger partial charge in [-0.1, -0.05) is 54.1 Å². The number of hydrogen-bond acceptors (Lipinski definition) is 6. The molecule has 0 fully saturated rings. The number of nitrogens with zero attached hydrogens (tertiary/aromatic N) is 2. The van der Waals surface area contributed by atoms with Gasteiger partial charge in [-0.25, -0.2) is 4.98 Å². The summed E-state index contributed by atoms with van der Waals surface area (Å²) in [6.07, 6.45) is 0.516. The van der Waals surface area contributed by atoms with Crippen LogP contribution in [-0.2, 0) is 13.0 Å². The summed E-state index contributed by atoms with van der Waals surface area (Å²) in [6, 6.07) is 22.0. The molecule has 7 nitrogen and oxygen atoms in total.